The van der Waals surface area contributed by atoms with Gasteiger partial charge in [0.15, 0.2) is 0 Å². The van der Waals surface area contributed by atoms with Crippen molar-refractivity contribution in [1.29, 1.82) is 0 Å². The van der Waals surface area contributed by atoms with Gasteiger partial charge in [-0.3, -0.25) is 25.7 Å². The Morgan fingerprint density at radius 3 is 2.60 bits per heavy atom. The second kappa shape index (κ2) is 7.17. The number of rotatable bonds is 7. The molecule has 1 N–H and O–H groups in total. The standard InChI is InChI=1S/C12H16N4O4/c1-3-9(2)6-7-13-14-11-5-4-10(15(17)18)8-12(11)16(19)20/h4-5,7-9,14H,3,6H2,1-2H3/b13-7+/t9-/m0/s1. The van der Waals surface area contributed by atoms with Gasteiger partial charge in [0.05, 0.1) is 15.9 Å². The number of hydrogen-bond donors (Lipinski definition) is 1. The van der Waals surface area contributed by atoms with E-state index in [0.717, 1.165) is 18.9 Å². The van der Waals surface area contributed by atoms with Gasteiger partial charge in [0.1, 0.15) is 5.69 Å². The van der Waals surface area contributed by atoms with Crippen molar-refractivity contribution < 1.29 is 9.85 Å². The van der Waals surface area contributed by atoms with Crippen molar-refractivity contribution in [2.24, 2.45) is 11.0 Å². The zero-order valence-electron chi connectivity index (χ0n) is 11.3. The molecule has 0 saturated heterocycles. The van der Waals surface area contributed by atoms with E-state index in [1.54, 1.807) is 6.21 Å². The van der Waals surface area contributed by atoms with Crippen molar-refractivity contribution in [2.75, 3.05) is 5.43 Å². The summed E-state index contributed by atoms with van der Waals surface area (Å²) < 4.78 is 0. The van der Waals surface area contributed by atoms with E-state index in [1.165, 1.54) is 12.1 Å². The molecule has 1 rings (SSSR count). The van der Waals surface area contributed by atoms with Gasteiger partial charge in [0.25, 0.3) is 5.69 Å². The topological polar surface area (TPSA) is 111 Å². The molecule has 1 aromatic carbocycles. The van der Waals surface area contributed by atoms with Gasteiger partial charge < -0.3 is 0 Å². The fourth-order valence-corrected chi connectivity index (χ4v) is 1.39. The Kier molecular flexibility index (Phi) is 5.57. The van der Waals surface area contributed by atoms with Crippen LogP contribution in [0.2, 0.25) is 0 Å². The van der Waals surface area contributed by atoms with Gasteiger partial charge in [0.2, 0.25) is 0 Å². The SMILES string of the molecule is CC[C@H](C)C/C=N/Nc1ccc([N+](=O)[O-])cc1[N+](=O)[O-]. The number of hydrogen-bond acceptors (Lipinski definition) is 6. The molecule has 0 fully saturated rings. The van der Waals surface area contributed by atoms with E-state index >= 15 is 0 Å². The highest BCUT2D eigenvalue weighted by Gasteiger charge is 2.18. The molecule has 108 valence electrons. The molecule has 0 aliphatic rings. The molecule has 0 heterocycles. The van der Waals surface area contributed by atoms with Crippen molar-refractivity contribution in [3.05, 3.63) is 38.4 Å². The molecule has 0 aliphatic carbocycles. The second-order valence-corrected chi connectivity index (χ2v) is 4.39. The molecule has 0 radical (unpaired) electrons. The van der Waals surface area contributed by atoms with Crippen molar-refractivity contribution >= 4 is 23.3 Å². The molecular weight excluding hydrogens is 264 g/mol. The van der Waals surface area contributed by atoms with E-state index in [4.69, 9.17) is 0 Å². The lowest BCUT2D eigenvalue weighted by molar-refractivity contribution is -0.393. The number of nitro groups is 2. The van der Waals surface area contributed by atoms with Crippen LogP contribution < -0.4 is 5.43 Å². The maximum Gasteiger partial charge on any atom is 0.301 e. The first kappa shape index (κ1) is 15.5. The number of non-ortho nitro benzene ring substituents is 1. The smallest absolute Gasteiger partial charge is 0.272 e. The van der Waals surface area contributed by atoms with Gasteiger partial charge in [-0.2, -0.15) is 5.10 Å². The summed E-state index contributed by atoms with van der Waals surface area (Å²) in [5, 5.41) is 25.4. The predicted octanol–water partition coefficient (Wildman–Crippen LogP) is 3.34. The third-order valence-electron chi connectivity index (χ3n) is 2.87. The maximum atomic E-state index is 10.9. The summed E-state index contributed by atoms with van der Waals surface area (Å²) >= 11 is 0. The van der Waals surface area contributed by atoms with Crippen LogP contribution in [-0.2, 0) is 0 Å². The van der Waals surface area contributed by atoms with Crippen LogP contribution in [0.3, 0.4) is 0 Å². The van der Waals surface area contributed by atoms with Gasteiger partial charge in [-0.25, -0.2) is 0 Å². The molecule has 0 amide bonds. The Hall–Kier alpha value is -2.51. The highest BCUT2D eigenvalue weighted by Crippen LogP contribution is 2.28. The number of nitrogens with zero attached hydrogens (tertiary/aromatic N) is 3. The molecule has 0 saturated carbocycles. The number of nitrogens with one attached hydrogen (secondary N) is 1. The molecule has 8 nitrogen and oxygen atoms in total. The number of benzene rings is 1. The lowest BCUT2D eigenvalue weighted by Gasteiger charge is -2.04. The number of anilines is 1. The molecule has 1 atom stereocenters. The van der Waals surface area contributed by atoms with Gasteiger partial charge >= 0.3 is 5.69 Å². The first-order chi connectivity index (χ1) is 9.45. The third kappa shape index (κ3) is 4.30. The van der Waals surface area contributed by atoms with Crippen molar-refractivity contribution in [3.8, 4) is 0 Å². The Bertz CT molecular complexity index is 530. The highest BCUT2D eigenvalue weighted by molar-refractivity contribution is 5.67. The zero-order valence-corrected chi connectivity index (χ0v) is 11.3. The second-order valence-electron chi connectivity index (χ2n) is 4.39. The van der Waals surface area contributed by atoms with Crippen LogP contribution in [0.5, 0.6) is 0 Å². The quantitative estimate of drug-likeness (QED) is 0.467. The van der Waals surface area contributed by atoms with Gasteiger partial charge in [-0.1, -0.05) is 20.3 Å². The van der Waals surface area contributed by atoms with E-state index in [2.05, 4.69) is 24.4 Å². The summed E-state index contributed by atoms with van der Waals surface area (Å²) in [5.74, 6) is 0.479. The summed E-state index contributed by atoms with van der Waals surface area (Å²) in [6, 6.07) is 3.38. The molecule has 0 unspecified atom stereocenters. The van der Waals surface area contributed by atoms with E-state index in [1.807, 2.05) is 0 Å². The van der Waals surface area contributed by atoms with E-state index in [0.29, 0.717) is 5.92 Å². The van der Waals surface area contributed by atoms with E-state index < -0.39 is 9.85 Å². The van der Waals surface area contributed by atoms with Crippen LogP contribution in [0.4, 0.5) is 17.1 Å². The predicted molar refractivity (Wildman–Crippen MR) is 75.9 cm³/mol. The van der Waals surface area contributed by atoms with E-state index in [9.17, 15) is 20.2 Å². The lowest BCUT2D eigenvalue weighted by Crippen LogP contribution is -1.99. The van der Waals surface area contributed by atoms with Crippen LogP contribution in [0.25, 0.3) is 0 Å². The highest BCUT2D eigenvalue weighted by atomic mass is 16.6. The maximum absolute atomic E-state index is 10.9. The molecule has 0 aliphatic heterocycles. The van der Waals surface area contributed by atoms with Crippen LogP contribution in [0, 0.1) is 26.1 Å². The van der Waals surface area contributed by atoms with Crippen molar-refractivity contribution in [2.45, 2.75) is 26.7 Å². The van der Waals surface area contributed by atoms with E-state index in [-0.39, 0.29) is 17.1 Å². The van der Waals surface area contributed by atoms with Gasteiger partial charge in [-0.15, -0.1) is 0 Å². The fraction of sp³-hybridized carbons (Fsp3) is 0.417. The summed E-state index contributed by atoms with van der Waals surface area (Å²) in [6.07, 6.45) is 3.41. The summed E-state index contributed by atoms with van der Waals surface area (Å²) in [7, 11) is 0. The fourth-order valence-electron chi connectivity index (χ4n) is 1.39. The molecule has 0 aromatic heterocycles. The Labute approximate surface area is 115 Å². The normalized spacial score (nSPS) is 12.3. The molecule has 1 aromatic rings. The number of nitro benzene ring substituents is 2. The van der Waals surface area contributed by atoms with Gasteiger partial charge in [-0.05, 0) is 18.4 Å². The van der Waals surface area contributed by atoms with Gasteiger partial charge in [0, 0.05) is 12.3 Å². The third-order valence-corrected chi connectivity index (χ3v) is 2.87. The minimum Gasteiger partial charge on any atom is -0.272 e. The summed E-state index contributed by atoms with van der Waals surface area (Å²) in [4.78, 5) is 20.1. The molecule has 20 heavy (non-hydrogen) atoms. The Morgan fingerprint density at radius 1 is 1.35 bits per heavy atom. The minimum absolute atomic E-state index is 0.126. The first-order valence-corrected chi connectivity index (χ1v) is 6.16. The molecular formula is C12H16N4O4. The first-order valence-electron chi connectivity index (χ1n) is 6.16. The lowest BCUT2D eigenvalue weighted by atomic mass is 10.1. The Balaban J connectivity index is 2.84. The molecule has 0 bridgehead atoms. The Morgan fingerprint density at radius 2 is 2.05 bits per heavy atom. The average molecular weight is 280 g/mol. The molecule has 8 heteroatoms. The number of hydrazone groups is 1. The average Bonchev–Trinajstić information content (AvgIpc) is 2.42. The van der Waals surface area contributed by atoms with Crippen molar-refractivity contribution in [3.63, 3.8) is 0 Å². The summed E-state index contributed by atoms with van der Waals surface area (Å²) in [5.41, 5.74) is 1.97. The zero-order chi connectivity index (χ0) is 15.1. The van der Waals surface area contributed by atoms with Crippen LogP contribution in [0.15, 0.2) is 23.3 Å². The van der Waals surface area contributed by atoms with Crippen LogP contribution >= 0.6 is 0 Å². The monoisotopic (exact) mass is 280 g/mol. The molecule has 0 spiro atoms. The largest absolute Gasteiger partial charge is 0.301 e. The minimum atomic E-state index is -0.681. The van der Waals surface area contributed by atoms with Crippen LogP contribution in [0.1, 0.15) is 26.7 Å². The summed E-state index contributed by atoms with van der Waals surface area (Å²) in [6.45, 7) is 4.13. The van der Waals surface area contributed by atoms with Crippen molar-refractivity contribution in [1.82, 2.24) is 0 Å². The van der Waals surface area contributed by atoms with Crippen LogP contribution in [-0.4, -0.2) is 16.1 Å².